The monoisotopic (exact) mass is 308 g/mol. The van der Waals surface area contributed by atoms with Crippen LogP contribution in [0.15, 0.2) is 21.9 Å². The molecule has 1 aromatic rings. The van der Waals surface area contributed by atoms with Crippen molar-refractivity contribution in [2.75, 3.05) is 6.54 Å². The Hall–Kier alpha value is -2.22. The number of carbonyl (C=O) groups is 3. The molecule has 0 atom stereocenters. The standard InChI is InChI=1S/C13H16N4O3S/c1-13(2)11(19)17(12(20)15-13)5-3-10(18)16-14-7-9-4-6-21-8-9/h4,6-8H,3,5H2,1-2H3,(H,15,20)(H,16,18)/b14-7-. The fourth-order valence-electron chi connectivity index (χ4n) is 1.82. The van der Waals surface area contributed by atoms with E-state index in [1.807, 2.05) is 16.8 Å². The van der Waals surface area contributed by atoms with Crippen molar-refractivity contribution in [2.24, 2.45) is 5.10 Å². The molecule has 4 amide bonds. The van der Waals surface area contributed by atoms with Crippen LogP contribution < -0.4 is 10.7 Å². The van der Waals surface area contributed by atoms with Crippen LogP contribution in [0.25, 0.3) is 0 Å². The van der Waals surface area contributed by atoms with Crippen LogP contribution in [0.1, 0.15) is 25.8 Å². The Morgan fingerprint density at radius 2 is 2.29 bits per heavy atom. The number of nitrogens with one attached hydrogen (secondary N) is 2. The normalized spacial score (nSPS) is 17.3. The van der Waals surface area contributed by atoms with Crippen molar-refractivity contribution in [3.05, 3.63) is 22.4 Å². The van der Waals surface area contributed by atoms with E-state index in [0.717, 1.165) is 10.5 Å². The Bertz CT molecular complexity index is 580. The van der Waals surface area contributed by atoms with Gasteiger partial charge in [-0.2, -0.15) is 16.4 Å². The van der Waals surface area contributed by atoms with Gasteiger partial charge < -0.3 is 5.32 Å². The number of carbonyl (C=O) groups excluding carboxylic acids is 3. The Morgan fingerprint density at radius 3 is 2.86 bits per heavy atom. The van der Waals surface area contributed by atoms with Gasteiger partial charge in [-0.15, -0.1) is 0 Å². The molecule has 1 aliphatic heterocycles. The lowest BCUT2D eigenvalue weighted by atomic mass is 10.1. The fraction of sp³-hybridized carbons (Fsp3) is 0.385. The number of amides is 4. The maximum absolute atomic E-state index is 11.9. The lowest BCUT2D eigenvalue weighted by Gasteiger charge is -2.15. The number of thiophene rings is 1. The topological polar surface area (TPSA) is 90.9 Å². The largest absolute Gasteiger partial charge is 0.325 e. The Balaban J connectivity index is 1.79. The number of hydrogen-bond donors (Lipinski definition) is 2. The number of rotatable bonds is 5. The summed E-state index contributed by atoms with van der Waals surface area (Å²) in [6.45, 7) is 3.28. The second-order valence-corrected chi connectivity index (χ2v) is 5.89. The third-order valence-electron chi connectivity index (χ3n) is 2.95. The van der Waals surface area contributed by atoms with E-state index >= 15 is 0 Å². The van der Waals surface area contributed by atoms with Crippen molar-refractivity contribution in [3.63, 3.8) is 0 Å². The van der Waals surface area contributed by atoms with Crippen LogP contribution >= 0.6 is 11.3 Å². The van der Waals surface area contributed by atoms with Crippen LogP contribution in [0.2, 0.25) is 0 Å². The molecule has 2 N–H and O–H groups in total. The van der Waals surface area contributed by atoms with Crippen molar-refractivity contribution in [2.45, 2.75) is 25.8 Å². The van der Waals surface area contributed by atoms with Gasteiger partial charge in [-0.1, -0.05) is 0 Å². The summed E-state index contributed by atoms with van der Waals surface area (Å²) in [5, 5.41) is 10.2. The average Bonchev–Trinajstić information content (AvgIpc) is 2.97. The van der Waals surface area contributed by atoms with Crippen LogP contribution in [-0.4, -0.2) is 41.0 Å². The molecule has 0 unspecified atom stereocenters. The molecule has 1 aliphatic rings. The van der Waals surface area contributed by atoms with Crippen molar-refractivity contribution >= 4 is 35.4 Å². The van der Waals surface area contributed by atoms with Gasteiger partial charge in [-0.25, -0.2) is 10.2 Å². The average molecular weight is 308 g/mol. The molecule has 2 rings (SSSR count). The predicted octanol–water partition coefficient (Wildman–Crippen LogP) is 0.919. The molecule has 0 aliphatic carbocycles. The van der Waals surface area contributed by atoms with E-state index in [1.54, 1.807) is 13.8 Å². The molecule has 8 heteroatoms. The molecule has 1 aromatic heterocycles. The van der Waals surface area contributed by atoms with Gasteiger partial charge in [0, 0.05) is 18.5 Å². The van der Waals surface area contributed by atoms with Crippen LogP contribution in [0.4, 0.5) is 4.79 Å². The highest BCUT2D eigenvalue weighted by atomic mass is 32.1. The molecule has 2 heterocycles. The first-order valence-electron chi connectivity index (χ1n) is 6.38. The van der Waals surface area contributed by atoms with Gasteiger partial charge in [-0.05, 0) is 30.7 Å². The summed E-state index contributed by atoms with van der Waals surface area (Å²) in [7, 11) is 0. The molecule has 0 spiro atoms. The second-order valence-electron chi connectivity index (χ2n) is 5.11. The van der Waals surface area contributed by atoms with E-state index < -0.39 is 11.6 Å². The van der Waals surface area contributed by atoms with E-state index in [4.69, 9.17) is 0 Å². The number of hydrazone groups is 1. The SMILES string of the molecule is CC1(C)NC(=O)N(CCC(=O)N/N=C\c2ccsc2)C1=O. The molecule has 0 aromatic carbocycles. The van der Waals surface area contributed by atoms with E-state index in [1.165, 1.54) is 17.6 Å². The molecule has 1 saturated heterocycles. The lowest BCUT2D eigenvalue weighted by Crippen LogP contribution is -2.40. The molecule has 0 radical (unpaired) electrons. The molecular weight excluding hydrogens is 292 g/mol. The van der Waals surface area contributed by atoms with Crippen molar-refractivity contribution in [3.8, 4) is 0 Å². The first kappa shape index (κ1) is 15.2. The molecule has 1 fully saturated rings. The highest BCUT2D eigenvalue weighted by Gasteiger charge is 2.43. The minimum atomic E-state index is -0.912. The summed E-state index contributed by atoms with van der Waals surface area (Å²) in [5.74, 6) is -0.686. The number of imide groups is 1. The molecule has 21 heavy (non-hydrogen) atoms. The molecular formula is C13H16N4O3S. The van der Waals surface area contributed by atoms with E-state index in [2.05, 4.69) is 15.8 Å². The quantitative estimate of drug-likeness (QED) is 0.481. The van der Waals surface area contributed by atoms with Crippen LogP contribution in [0.3, 0.4) is 0 Å². The second kappa shape index (κ2) is 6.04. The summed E-state index contributed by atoms with van der Waals surface area (Å²) in [6.07, 6.45) is 1.54. The highest BCUT2D eigenvalue weighted by molar-refractivity contribution is 7.08. The van der Waals surface area contributed by atoms with Crippen LogP contribution in [0, 0.1) is 0 Å². The van der Waals surface area contributed by atoms with Gasteiger partial charge in [0.05, 0.1) is 6.21 Å². The summed E-state index contributed by atoms with van der Waals surface area (Å²) in [4.78, 5) is 36.2. The minimum absolute atomic E-state index is 0.0101. The van der Waals surface area contributed by atoms with E-state index in [-0.39, 0.29) is 24.8 Å². The van der Waals surface area contributed by atoms with Gasteiger partial charge in [-0.3, -0.25) is 14.5 Å². The third kappa shape index (κ3) is 3.66. The molecule has 7 nitrogen and oxygen atoms in total. The summed E-state index contributed by atoms with van der Waals surface area (Å²) in [5.41, 5.74) is 2.35. The smallest absolute Gasteiger partial charge is 0.324 e. The van der Waals surface area contributed by atoms with Crippen LogP contribution in [-0.2, 0) is 9.59 Å². The number of urea groups is 1. The van der Waals surface area contributed by atoms with E-state index in [0.29, 0.717) is 0 Å². The molecule has 112 valence electrons. The summed E-state index contributed by atoms with van der Waals surface area (Å²) >= 11 is 1.53. The molecule has 0 bridgehead atoms. The lowest BCUT2D eigenvalue weighted by molar-refractivity contribution is -0.130. The zero-order chi connectivity index (χ0) is 15.5. The number of hydrogen-bond acceptors (Lipinski definition) is 5. The predicted molar refractivity (Wildman–Crippen MR) is 79.0 cm³/mol. The first-order chi connectivity index (χ1) is 9.90. The maximum Gasteiger partial charge on any atom is 0.325 e. The Morgan fingerprint density at radius 1 is 1.52 bits per heavy atom. The summed E-state index contributed by atoms with van der Waals surface area (Å²) < 4.78 is 0. The van der Waals surface area contributed by atoms with Gasteiger partial charge in [0.15, 0.2) is 0 Å². The van der Waals surface area contributed by atoms with Crippen molar-refractivity contribution < 1.29 is 14.4 Å². The summed E-state index contributed by atoms with van der Waals surface area (Å²) in [6, 6.07) is 1.40. The van der Waals surface area contributed by atoms with Gasteiger partial charge in [0.1, 0.15) is 5.54 Å². The Kier molecular flexibility index (Phi) is 4.37. The highest BCUT2D eigenvalue weighted by Crippen LogP contribution is 2.16. The molecule has 0 saturated carbocycles. The van der Waals surface area contributed by atoms with Crippen molar-refractivity contribution in [1.82, 2.24) is 15.6 Å². The zero-order valence-corrected chi connectivity index (χ0v) is 12.6. The van der Waals surface area contributed by atoms with Gasteiger partial charge in [0.2, 0.25) is 5.91 Å². The van der Waals surface area contributed by atoms with Crippen LogP contribution in [0.5, 0.6) is 0 Å². The van der Waals surface area contributed by atoms with Gasteiger partial charge in [0.25, 0.3) is 5.91 Å². The fourth-order valence-corrected chi connectivity index (χ4v) is 2.43. The third-order valence-corrected chi connectivity index (χ3v) is 3.65. The zero-order valence-electron chi connectivity index (χ0n) is 11.8. The Labute approximate surface area is 126 Å². The van der Waals surface area contributed by atoms with E-state index in [9.17, 15) is 14.4 Å². The maximum atomic E-state index is 11.9. The number of nitrogens with zero attached hydrogens (tertiary/aromatic N) is 2. The minimum Gasteiger partial charge on any atom is -0.324 e. The van der Waals surface area contributed by atoms with Gasteiger partial charge >= 0.3 is 6.03 Å². The first-order valence-corrected chi connectivity index (χ1v) is 7.32. The van der Waals surface area contributed by atoms with Crippen molar-refractivity contribution in [1.29, 1.82) is 0 Å².